The Balaban J connectivity index is 1.83. The quantitative estimate of drug-likeness (QED) is 0.816. The van der Waals surface area contributed by atoms with Gasteiger partial charge in [0.05, 0.1) is 11.2 Å². The van der Waals surface area contributed by atoms with E-state index in [0.29, 0.717) is 19.0 Å². The summed E-state index contributed by atoms with van der Waals surface area (Å²) in [6.07, 6.45) is 3.66. The topological polar surface area (TPSA) is 49.3 Å². The van der Waals surface area contributed by atoms with Crippen LogP contribution in [0.1, 0.15) is 35.8 Å². The van der Waals surface area contributed by atoms with Crippen LogP contribution in [0.4, 0.5) is 10.3 Å². The predicted octanol–water partition coefficient (Wildman–Crippen LogP) is 3.53. The van der Waals surface area contributed by atoms with Crippen molar-refractivity contribution in [1.29, 1.82) is 0 Å². The number of anilines is 1. The summed E-state index contributed by atoms with van der Waals surface area (Å²) >= 11 is 6.18. The highest BCUT2D eigenvalue weighted by Crippen LogP contribution is 2.21. The number of hydrogen-bond donors (Lipinski definition) is 0. The zero-order chi connectivity index (χ0) is 17.8. The van der Waals surface area contributed by atoms with Crippen molar-refractivity contribution in [3.63, 3.8) is 0 Å². The molecule has 2 heterocycles. The predicted molar refractivity (Wildman–Crippen MR) is 95.3 cm³/mol. The Hall–Kier alpha value is -2.21. The summed E-state index contributed by atoms with van der Waals surface area (Å²) in [4.78, 5) is 25.2. The van der Waals surface area contributed by atoms with Gasteiger partial charge in [0, 0.05) is 26.2 Å². The van der Waals surface area contributed by atoms with E-state index in [4.69, 9.17) is 11.6 Å². The molecule has 0 saturated carbocycles. The van der Waals surface area contributed by atoms with Crippen LogP contribution >= 0.6 is 11.6 Å². The van der Waals surface area contributed by atoms with Crippen LogP contribution in [0, 0.1) is 5.82 Å². The molecule has 3 rings (SSSR count). The first-order valence-electron chi connectivity index (χ1n) is 8.39. The fourth-order valence-electron chi connectivity index (χ4n) is 2.91. The molecular formula is C18H20ClFN4O. The molecule has 0 spiro atoms. The van der Waals surface area contributed by atoms with Gasteiger partial charge in [0.2, 0.25) is 5.95 Å². The first kappa shape index (κ1) is 17.6. The molecule has 1 amide bonds. The monoisotopic (exact) mass is 362 g/mol. The van der Waals surface area contributed by atoms with Crippen LogP contribution in [0.3, 0.4) is 0 Å². The van der Waals surface area contributed by atoms with Crippen molar-refractivity contribution in [2.75, 3.05) is 24.5 Å². The van der Waals surface area contributed by atoms with E-state index in [9.17, 15) is 9.18 Å². The molecule has 1 aliphatic heterocycles. The molecular weight excluding hydrogens is 343 g/mol. The molecule has 7 heteroatoms. The molecule has 1 aromatic heterocycles. The molecule has 5 nitrogen and oxygen atoms in total. The molecule has 0 atom stereocenters. The smallest absolute Gasteiger partial charge is 0.274 e. The summed E-state index contributed by atoms with van der Waals surface area (Å²) in [6, 6.07) is 6.22. The van der Waals surface area contributed by atoms with Crippen molar-refractivity contribution in [1.82, 2.24) is 14.9 Å². The summed E-state index contributed by atoms with van der Waals surface area (Å²) in [5.74, 6) is -0.0657. The van der Waals surface area contributed by atoms with Gasteiger partial charge in [-0.2, -0.15) is 0 Å². The summed E-state index contributed by atoms with van der Waals surface area (Å²) in [7, 11) is 0. The van der Waals surface area contributed by atoms with E-state index in [1.807, 2.05) is 6.92 Å². The fourth-order valence-corrected chi connectivity index (χ4v) is 3.08. The number of nitrogens with zero attached hydrogens (tertiary/aromatic N) is 4. The number of amides is 1. The molecule has 1 fully saturated rings. The number of aromatic nitrogens is 2. The highest BCUT2D eigenvalue weighted by atomic mass is 35.5. The van der Waals surface area contributed by atoms with Gasteiger partial charge in [-0.25, -0.2) is 14.4 Å². The lowest BCUT2D eigenvalue weighted by Crippen LogP contribution is -2.32. The summed E-state index contributed by atoms with van der Waals surface area (Å²) in [5, 5.41) is 0.227. The average Bonchev–Trinajstić information content (AvgIpc) is 3.14. The van der Waals surface area contributed by atoms with Gasteiger partial charge < -0.3 is 9.80 Å². The lowest BCUT2D eigenvalue weighted by Gasteiger charge is -2.22. The lowest BCUT2D eigenvalue weighted by molar-refractivity contribution is 0.0746. The Morgan fingerprint density at radius 3 is 2.80 bits per heavy atom. The maximum Gasteiger partial charge on any atom is 0.274 e. The van der Waals surface area contributed by atoms with E-state index in [0.717, 1.165) is 31.5 Å². The van der Waals surface area contributed by atoms with Crippen molar-refractivity contribution in [3.05, 3.63) is 52.6 Å². The molecule has 1 aliphatic rings. The van der Waals surface area contributed by atoms with Crippen LogP contribution < -0.4 is 4.90 Å². The normalized spacial score (nSPS) is 14.0. The van der Waals surface area contributed by atoms with Crippen LogP contribution in [0.5, 0.6) is 0 Å². The molecule has 0 bridgehead atoms. The van der Waals surface area contributed by atoms with Crippen molar-refractivity contribution < 1.29 is 9.18 Å². The van der Waals surface area contributed by atoms with Gasteiger partial charge in [-0.15, -0.1) is 0 Å². The third-order valence-corrected chi connectivity index (χ3v) is 4.53. The van der Waals surface area contributed by atoms with E-state index >= 15 is 0 Å². The lowest BCUT2D eigenvalue weighted by atomic mass is 10.2. The number of halogens is 2. The van der Waals surface area contributed by atoms with Gasteiger partial charge in [-0.3, -0.25) is 4.79 Å². The molecule has 0 unspecified atom stereocenters. The maximum atomic E-state index is 13.4. The standard InChI is InChI=1S/C18H20ClFN4O/c1-2-23(12-13-6-5-7-14(20)10-13)17(25)16-15(19)11-21-18(22-16)24-8-3-4-9-24/h5-7,10-11H,2-4,8-9,12H2,1H3. The number of carbonyl (C=O) groups is 1. The van der Waals surface area contributed by atoms with Gasteiger partial charge in [0.25, 0.3) is 5.91 Å². The largest absolute Gasteiger partial charge is 0.341 e. The SMILES string of the molecule is CCN(Cc1cccc(F)c1)C(=O)c1nc(N2CCCC2)ncc1Cl. The third-order valence-electron chi connectivity index (χ3n) is 4.25. The molecule has 0 radical (unpaired) electrons. The fraction of sp³-hybridized carbons (Fsp3) is 0.389. The summed E-state index contributed by atoms with van der Waals surface area (Å²) in [5.41, 5.74) is 0.914. The molecule has 0 aliphatic carbocycles. The van der Waals surface area contributed by atoms with Crippen LogP contribution in [0.25, 0.3) is 0 Å². The Bertz CT molecular complexity index is 764. The number of rotatable bonds is 5. The highest BCUT2D eigenvalue weighted by Gasteiger charge is 2.23. The second-order valence-electron chi connectivity index (χ2n) is 6.01. The molecule has 2 aromatic rings. The second kappa shape index (κ2) is 7.78. The van der Waals surface area contributed by atoms with Gasteiger partial charge in [-0.05, 0) is 37.5 Å². The van der Waals surface area contributed by atoms with Gasteiger partial charge in [0.1, 0.15) is 5.82 Å². The maximum absolute atomic E-state index is 13.4. The minimum Gasteiger partial charge on any atom is -0.341 e. The van der Waals surface area contributed by atoms with E-state index in [1.54, 1.807) is 17.0 Å². The minimum absolute atomic E-state index is 0.191. The molecule has 132 valence electrons. The van der Waals surface area contributed by atoms with E-state index in [1.165, 1.54) is 18.3 Å². The van der Waals surface area contributed by atoms with Gasteiger partial charge in [-0.1, -0.05) is 23.7 Å². The van der Waals surface area contributed by atoms with Crippen LogP contribution in [0.2, 0.25) is 5.02 Å². The van der Waals surface area contributed by atoms with Crippen LogP contribution in [-0.2, 0) is 6.54 Å². The van der Waals surface area contributed by atoms with E-state index < -0.39 is 0 Å². The van der Waals surface area contributed by atoms with Crippen molar-refractivity contribution >= 4 is 23.5 Å². The molecule has 1 saturated heterocycles. The van der Waals surface area contributed by atoms with Crippen LogP contribution in [-0.4, -0.2) is 40.4 Å². The van der Waals surface area contributed by atoms with Crippen molar-refractivity contribution in [2.45, 2.75) is 26.3 Å². The second-order valence-corrected chi connectivity index (χ2v) is 6.42. The van der Waals surface area contributed by atoms with E-state index in [-0.39, 0.29) is 22.4 Å². The Kier molecular flexibility index (Phi) is 5.48. The Morgan fingerprint density at radius 2 is 2.12 bits per heavy atom. The zero-order valence-electron chi connectivity index (χ0n) is 14.1. The molecule has 1 aromatic carbocycles. The first-order chi connectivity index (χ1) is 12.1. The third kappa shape index (κ3) is 4.07. The number of benzene rings is 1. The Morgan fingerprint density at radius 1 is 1.36 bits per heavy atom. The van der Waals surface area contributed by atoms with Gasteiger partial charge >= 0.3 is 0 Å². The van der Waals surface area contributed by atoms with Gasteiger partial charge in [0.15, 0.2) is 5.69 Å². The van der Waals surface area contributed by atoms with Crippen molar-refractivity contribution in [2.24, 2.45) is 0 Å². The Labute approximate surface area is 151 Å². The summed E-state index contributed by atoms with van der Waals surface area (Å²) in [6.45, 7) is 4.40. The summed E-state index contributed by atoms with van der Waals surface area (Å²) < 4.78 is 13.4. The molecule has 0 N–H and O–H groups in total. The van der Waals surface area contributed by atoms with E-state index in [2.05, 4.69) is 14.9 Å². The first-order valence-corrected chi connectivity index (χ1v) is 8.77. The zero-order valence-corrected chi connectivity index (χ0v) is 14.8. The number of carbonyl (C=O) groups excluding carboxylic acids is 1. The minimum atomic E-state index is -0.322. The number of hydrogen-bond acceptors (Lipinski definition) is 4. The highest BCUT2D eigenvalue weighted by molar-refractivity contribution is 6.33. The van der Waals surface area contributed by atoms with Crippen LogP contribution in [0.15, 0.2) is 30.5 Å². The molecule has 25 heavy (non-hydrogen) atoms. The average molecular weight is 363 g/mol. The van der Waals surface area contributed by atoms with Crippen molar-refractivity contribution in [3.8, 4) is 0 Å².